The number of ether oxygens (including phenoxy) is 1. The van der Waals surface area contributed by atoms with Crippen LogP contribution in [0.4, 0.5) is 0 Å². The lowest BCUT2D eigenvalue weighted by Gasteiger charge is -2.23. The molecule has 0 aliphatic carbocycles. The third-order valence-corrected chi connectivity index (χ3v) is 4.79. The van der Waals surface area contributed by atoms with Gasteiger partial charge in [0.1, 0.15) is 0 Å². The molecule has 1 saturated heterocycles. The number of hydrogen-bond donors (Lipinski definition) is 1. The third kappa shape index (κ3) is 2.78. The van der Waals surface area contributed by atoms with Crippen LogP contribution < -0.4 is 5.32 Å². The fraction of sp³-hybridized carbons (Fsp3) is 0.769. The first-order valence-electron chi connectivity index (χ1n) is 6.53. The molecule has 102 valence electrons. The summed E-state index contributed by atoms with van der Waals surface area (Å²) < 4.78 is 9.05. The van der Waals surface area contributed by atoms with E-state index in [4.69, 9.17) is 4.74 Å². The van der Waals surface area contributed by atoms with Gasteiger partial charge in [0.15, 0.2) is 0 Å². The molecule has 0 amide bonds. The van der Waals surface area contributed by atoms with Gasteiger partial charge >= 0.3 is 0 Å². The van der Waals surface area contributed by atoms with Crippen LogP contribution in [0, 0.1) is 6.92 Å². The number of likely N-dealkylation sites (N-methyl/N-ethyl adjacent to an activating group) is 1. The minimum Gasteiger partial charge on any atom is -0.374 e. The summed E-state index contributed by atoms with van der Waals surface area (Å²) in [5.74, 6) is 0. The average molecular weight is 316 g/mol. The van der Waals surface area contributed by atoms with E-state index >= 15 is 0 Å². The van der Waals surface area contributed by atoms with E-state index in [0.29, 0.717) is 18.2 Å². The molecule has 4 nitrogen and oxygen atoms in total. The first-order valence-corrected chi connectivity index (χ1v) is 7.33. The summed E-state index contributed by atoms with van der Waals surface area (Å²) in [4.78, 5) is 0. The van der Waals surface area contributed by atoms with Gasteiger partial charge < -0.3 is 10.1 Å². The SMILES string of the molecule is CNC(Cc1c(Br)c(C)nn1C)C1CCC(C)O1. The number of rotatable bonds is 4. The van der Waals surface area contributed by atoms with Gasteiger partial charge in [-0.1, -0.05) is 0 Å². The summed E-state index contributed by atoms with van der Waals surface area (Å²) in [6.45, 7) is 4.17. The molecule has 2 rings (SSSR count). The lowest BCUT2D eigenvalue weighted by molar-refractivity contribution is 0.0333. The molecule has 5 heteroatoms. The molecular formula is C13H22BrN3O. The van der Waals surface area contributed by atoms with Crippen molar-refractivity contribution in [1.82, 2.24) is 15.1 Å². The topological polar surface area (TPSA) is 39.1 Å². The van der Waals surface area contributed by atoms with Crippen molar-refractivity contribution >= 4 is 15.9 Å². The summed E-state index contributed by atoms with van der Waals surface area (Å²) in [6, 6.07) is 0.348. The van der Waals surface area contributed by atoms with Crippen molar-refractivity contribution in [3.8, 4) is 0 Å². The summed E-state index contributed by atoms with van der Waals surface area (Å²) in [6.07, 6.45) is 3.94. The van der Waals surface area contributed by atoms with Crippen LogP contribution in [0.1, 0.15) is 31.2 Å². The van der Waals surface area contributed by atoms with E-state index in [-0.39, 0.29) is 0 Å². The summed E-state index contributed by atoms with van der Waals surface area (Å²) >= 11 is 3.63. The molecular weight excluding hydrogens is 294 g/mol. The Morgan fingerprint density at radius 3 is 2.72 bits per heavy atom. The van der Waals surface area contributed by atoms with E-state index in [1.165, 1.54) is 5.69 Å². The fourth-order valence-electron chi connectivity index (χ4n) is 2.66. The van der Waals surface area contributed by atoms with Crippen molar-refractivity contribution in [1.29, 1.82) is 0 Å². The molecule has 1 aromatic rings. The van der Waals surface area contributed by atoms with Gasteiger partial charge in [0.2, 0.25) is 0 Å². The Morgan fingerprint density at radius 2 is 2.28 bits per heavy atom. The standard InChI is InChI=1S/C13H22BrN3O/c1-8-5-6-12(18-8)10(15-3)7-11-13(14)9(2)16-17(11)4/h8,10,12,15H,5-7H2,1-4H3. The fourth-order valence-corrected chi connectivity index (χ4v) is 3.16. The highest BCUT2D eigenvalue weighted by molar-refractivity contribution is 9.10. The molecule has 18 heavy (non-hydrogen) atoms. The van der Waals surface area contributed by atoms with Crippen molar-refractivity contribution in [3.63, 3.8) is 0 Å². The maximum atomic E-state index is 5.97. The molecule has 1 aromatic heterocycles. The zero-order chi connectivity index (χ0) is 13.3. The van der Waals surface area contributed by atoms with E-state index in [0.717, 1.165) is 29.4 Å². The molecule has 3 unspecified atom stereocenters. The van der Waals surface area contributed by atoms with E-state index < -0.39 is 0 Å². The van der Waals surface area contributed by atoms with Crippen molar-refractivity contribution < 1.29 is 4.74 Å². The smallest absolute Gasteiger partial charge is 0.0738 e. The maximum absolute atomic E-state index is 5.97. The van der Waals surface area contributed by atoms with Crippen LogP contribution in [-0.4, -0.2) is 35.1 Å². The maximum Gasteiger partial charge on any atom is 0.0738 e. The minimum atomic E-state index is 0.312. The molecule has 0 aromatic carbocycles. The number of aromatic nitrogens is 2. The number of nitrogens with one attached hydrogen (secondary N) is 1. The van der Waals surface area contributed by atoms with Gasteiger partial charge in [0.25, 0.3) is 0 Å². The van der Waals surface area contributed by atoms with Gasteiger partial charge in [0.05, 0.1) is 28.1 Å². The predicted molar refractivity (Wildman–Crippen MR) is 75.8 cm³/mol. The Kier molecular flexibility index (Phi) is 4.45. The van der Waals surface area contributed by atoms with Gasteiger partial charge in [-0.05, 0) is 49.7 Å². The normalized spacial score (nSPS) is 25.6. The van der Waals surface area contributed by atoms with Gasteiger partial charge in [0, 0.05) is 19.5 Å². The highest BCUT2D eigenvalue weighted by Crippen LogP contribution is 2.26. The number of aryl methyl sites for hydroxylation is 2. The second-order valence-corrected chi connectivity index (χ2v) is 5.92. The van der Waals surface area contributed by atoms with Crippen LogP contribution >= 0.6 is 15.9 Å². The monoisotopic (exact) mass is 315 g/mol. The van der Waals surface area contributed by atoms with Crippen molar-refractivity contribution in [2.24, 2.45) is 7.05 Å². The van der Waals surface area contributed by atoms with E-state index in [9.17, 15) is 0 Å². The lowest BCUT2D eigenvalue weighted by Crippen LogP contribution is -2.40. The Morgan fingerprint density at radius 1 is 1.56 bits per heavy atom. The molecule has 0 spiro atoms. The molecule has 1 aliphatic rings. The third-order valence-electron chi connectivity index (χ3n) is 3.76. The first-order chi connectivity index (χ1) is 8.52. The molecule has 1 N–H and O–H groups in total. The average Bonchev–Trinajstić information content (AvgIpc) is 2.84. The Labute approximate surface area is 117 Å². The number of hydrogen-bond acceptors (Lipinski definition) is 3. The van der Waals surface area contributed by atoms with Gasteiger partial charge in [-0.25, -0.2) is 0 Å². The van der Waals surface area contributed by atoms with E-state index in [1.54, 1.807) is 0 Å². The Bertz CT molecular complexity index is 419. The summed E-state index contributed by atoms with van der Waals surface area (Å²) in [5, 5.41) is 7.83. The number of nitrogens with zero attached hydrogens (tertiary/aromatic N) is 2. The van der Waals surface area contributed by atoms with Crippen molar-refractivity contribution in [2.45, 2.75) is 51.4 Å². The van der Waals surface area contributed by atoms with Crippen LogP contribution in [-0.2, 0) is 18.2 Å². The lowest BCUT2D eigenvalue weighted by atomic mass is 10.0. The highest BCUT2D eigenvalue weighted by Gasteiger charge is 2.30. The summed E-state index contributed by atoms with van der Waals surface area (Å²) in [7, 11) is 4.01. The van der Waals surface area contributed by atoms with Crippen molar-refractivity contribution in [2.75, 3.05) is 7.05 Å². The zero-order valence-electron chi connectivity index (χ0n) is 11.5. The van der Waals surface area contributed by atoms with Crippen molar-refractivity contribution in [3.05, 3.63) is 15.9 Å². The van der Waals surface area contributed by atoms with Crippen LogP contribution in [0.2, 0.25) is 0 Å². The first kappa shape index (κ1) is 14.0. The Balaban J connectivity index is 2.10. The second kappa shape index (κ2) is 5.72. The van der Waals surface area contributed by atoms with E-state index in [1.807, 2.05) is 25.7 Å². The van der Waals surface area contributed by atoms with Crippen LogP contribution in [0.15, 0.2) is 4.47 Å². The molecule has 0 radical (unpaired) electrons. The molecule has 1 fully saturated rings. The molecule has 0 saturated carbocycles. The number of halogens is 1. The second-order valence-electron chi connectivity index (χ2n) is 5.13. The Hall–Kier alpha value is -0.390. The molecule has 1 aliphatic heterocycles. The zero-order valence-corrected chi connectivity index (χ0v) is 13.1. The van der Waals surface area contributed by atoms with Gasteiger partial charge in [-0.3, -0.25) is 4.68 Å². The summed E-state index contributed by atoms with van der Waals surface area (Å²) in [5.41, 5.74) is 2.28. The molecule has 3 atom stereocenters. The molecule has 2 heterocycles. The minimum absolute atomic E-state index is 0.312. The van der Waals surface area contributed by atoms with Gasteiger partial charge in [-0.15, -0.1) is 0 Å². The highest BCUT2D eigenvalue weighted by atomic mass is 79.9. The van der Waals surface area contributed by atoms with Crippen LogP contribution in [0.3, 0.4) is 0 Å². The quantitative estimate of drug-likeness (QED) is 0.925. The predicted octanol–water partition coefficient (Wildman–Crippen LogP) is 2.19. The van der Waals surface area contributed by atoms with Gasteiger partial charge in [-0.2, -0.15) is 5.10 Å². The van der Waals surface area contributed by atoms with Crippen LogP contribution in [0.25, 0.3) is 0 Å². The van der Waals surface area contributed by atoms with E-state index in [2.05, 4.69) is 33.3 Å². The van der Waals surface area contributed by atoms with Crippen LogP contribution in [0.5, 0.6) is 0 Å². The largest absolute Gasteiger partial charge is 0.374 e. The molecule has 0 bridgehead atoms.